The largest absolute Gasteiger partial charge is 0.451 e. The van der Waals surface area contributed by atoms with Gasteiger partial charge in [-0.25, -0.2) is 9.49 Å². The van der Waals surface area contributed by atoms with Crippen LogP contribution in [0.4, 0.5) is 4.39 Å². The Balaban J connectivity index is 2.31. The van der Waals surface area contributed by atoms with E-state index in [1.54, 1.807) is 0 Å². The van der Waals surface area contributed by atoms with Crippen molar-refractivity contribution in [3.05, 3.63) is 45.1 Å². The van der Waals surface area contributed by atoms with Crippen molar-refractivity contribution >= 4 is 23.2 Å². The van der Waals surface area contributed by atoms with Crippen molar-refractivity contribution in [3.8, 4) is 11.7 Å². The van der Waals surface area contributed by atoms with Gasteiger partial charge in [0.1, 0.15) is 11.4 Å². The number of fused-ring (bicyclic) bond motifs is 1. The van der Waals surface area contributed by atoms with Gasteiger partial charge in [-0.15, -0.1) is 5.10 Å². The molecular weight excluding hydrogens is 259 g/mol. The summed E-state index contributed by atoms with van der Waals surface area (Å²) in [6.45, 7) is 0. The molecule has 0 amide bonds. The van der Waals surface area contributed by atoms with Crippen molar-refractivity contribution in [1.82, 2.24) is 10.2 Å². The molecule has 1 N–H and O–H groups in total. The van der Waals surface area contributed by atoms with Crippen LogP contribution in [0.5, 0.6) is 0 Å². The minimum atomic E-state index is -0.500. The Morgan fingerprint density at radius 3 is 2.83 bits per heavy atom. The number of H-pyrrole nitrogens is 1. The minimum absolute atomic E-state index is 0.0725. The first-order valence-electron chi connectivity index (χ1n) is 4.93. The van der Waals surface area contributed by atoms with Crippen molar-refractivity contribution < 1.29 is 13.2 Å². The molecule has 0 aliphatic carbocycles. The molecule has 5 nitrogen and oxygen atoms in total. The molecule has 0 saturated carbocycles. The first-order chi connectivity index (χ1) is 8.63. The highest BCUT2D eigenvalue weighted by atomic mass is 32.1. The zero-order valence-corrected chi connectivity index (χ0v) is 9.58. The van der Waals surface area contributed by atoms with Crippen molar-refractivity contribution in [2.24, 2.45) is 0 Å². The van der Waals surface area contributed by atoms with Crippen LogP contribution in [0.25, 0.3) is 22.6 Å². The molecule has 3 rings (SSSR count). The Morgan fingerprint density at radius 1 is 1.28 bits per heavy atom. The first-order valence-corrected chi connectivity index (χ1v) is 5.33. The summed E-state index contributed by atoms with van der Waals surface area (Å²) in [6, 6.07) is 4.87. The third kappa shape index (κ3) is 1.74. The summed E-state index contributed by atoms with van der Waals surface area (Å²) in [5.41, 5.74) is -0.127. The highest BCUT2D eigenvalue weighted by Gasteiger charge is 2.11. The van der Waals surface area contributed by atoms with Crippen LogP contribution in [0.2, 0.25) is 0 Å². The quantitative estimate of drug-likeness (QED) is 0.684. The lowest BCUT2D eigenvalue weighted by molar-refractivity contribution is 0.516. The fourth-order valence-electron chi connectivity index (χ4n) is 1.57. The van der Waals surface area contributed by atoms with Gasteiger partial charge in [0.25, 0.3) is 10.7 Å². The van der Waals surface area contributed by atoms with Crippen molar-refractivity contribution in [1.29, 1.82) is 0 Å². The number of hydrogen-bond acceptors (Lipinski definition) is 5. The molecule has 0 aliphatic rings. The van der Waals surface area contributed by atoms with E-state index >= 15 is 0 Å². The number of benzene rings is 1. The van der Waals surface area contributed by atoms with Gasteiger partial charge in [-0.05, 0) is 30.4 Å². The third-order valence-corrected chi connectivity index (χ3v) is 2.51. The molecule has 0 unspecified atom stereocenters. The molecule has 90 valence electrons. The van der Waals surface area contributed by atoms with Crippen LogP contribution in [0.15, 0.2) is 37.9 Å². The highest BCUT2D eigenvalue weighted by molar-refractivity contribution is 7.71. The summed E-state index contributed by atoms with van der Waals surface area (Å²) >= 11 is 4.72. The molecule has 0 bridgehead atoms. The lowest BCUT2D eigenvalue weighted by atomic mass is 10.2. The van der Waals surface area contributed by atoms with Crippen LogP contribution in [-0.4, -0.2) is 10.2 Å². The van der Waals surface area contributed by atoms with Gasteiger partial charge < -0.3 is 8.83 Å². The molecule has 0 spiro atoms. The third-order valence-electron chi connectivity index (χ3n) is 2.34. The summed E-state index contributed by atoms with van der Waals surface area (Å²) in [6.07, 6.45) is 0. The number of nitrogens with one attached hydrogen (secondary N) is 1. The fourth-order valence-corrected chi connectivity index (χ4v) is 1.69. The normalized spacial score (nSPS) is 10.9. The maximum Gasteiger partial charge on any atom is 0.284 e. The second kappa shape index (κ2) is 3.88. The number of nitrogens with zero attached hydrogens (tertiary/aromatic N) is 1. The SMILES string of the molecule is O=c1cc(-c2n[nH]c(=S)o2)oc2ccc(F)cc12. The molecule has 0 atom stereocenters. The summed E-state index contributed by atoms with van der Waals surface area (Å²) in [7, 11) is 0. The second-order valence-corrected chi connectivity index (χ2v) is 3.90. The van der Waals surface area contributed by atoms with Crippen molar-refractivity contribution in [3.63, 3.8) is 0 Å². The van der Waals surface area contributed by atoms with Crippen LogP contribution in [0.3, 0.4) is 0 Å². The van der Waals surface area contributed by atoms with E-state index in [0.717, 1.165) is 6.07 Å². The van der Waals surface area contributed by atoms with E-state index in [0.29, 0.717) is 0 Å². The van der Waals surface area contributed by atoms with Gasteiger partial charge in [-0.1, -0.05) is 0 Å². The van der Waals surface area contributed by atoms with Crippen molar-refractivity contribution in [2.75, 3.05) is 0 Å². The lowest BCUT2D eigenvalue weighted by Crippen LogP contribution is -2.00. The number of hydrogen-bond donors (Lipinski definition) is 1. The van der Waals surface area contributed by atoms with E-state index in [9.17, 15) is 9.18 Å². The van der Waals surface area contributed by atoms with E-state index in [1.165, 1.54) is 18.2 Å². The smallest absolute Gasteiger partial charge is 0.284 e. The molecule has 0 fully saturated rings. The molecule has 2 aromatic heterocycles. The number of halogens is 1. The average Bonchev–Trinajstić information content (AvgIpc) is 2.77. The number of aromatic nitrogens is 2. The Labute approximate surface area is 104 Å². The van der Waals surface area contributed by atoms with Gasteiger partial charge in [-0.2, -0.15) is 0 Å². The fraction of sp³-hybridized carbons (Fsp3) is 0. The Hall–Kier alpha value is -2.28. The van der Waals surface area contributed by atoms with Crippen LogP contribution >= 0.6 is 12.2 Å². The maximum absolute atomic E-state index is 13.0. The van der Waals surface area contributed by atoms with Crippen LogP contribution in [-0.2, 0) is 0 Å². The van der Waals surface area contributed by atoms with Gasteiger partial charge in [-0.3, -0.25) is 4.79 Å². The van der Waals surface area contributed by atoms with Crippen molar-refractivity contribution in [2.45, 2.75) is 0 Å². The molecule has 1 aromatic carbocycles. The van der Waals surface area contributed by atoms with Crippen LogP contribution in [0, 0.1) is 10.7 Å². The van der Waals surface area contributed by atoms with Gasteiger partial charge in [0.15, 0.2) is 11.2 Å². The van der Waals surface area contributed by atoms with Gasteiger partial charge in [0, 0.05) is 6.07 Å². The Kier molecular flexibility index (Phi) is 2.34. The summed E-state index contributed by atoms with van der Waals surface area (Å²) in [5, 5.41) is 6.33. The number of aromatic amines is 1. The summed E-state index contributed by atoms with van der Waals surface area (Å²) in [5.74, 6) is -0.297. The Bertz CT molecular complexity index is 849. The molecule has 7 heteroatoms. The minimum Gasteiger partial charge on any atom is -0.451 e. The second-order valence-electron chi connectivity index (χ2n) is 3.53. The molecule has 2 heterocycles. The molecule has 0 saturated heterocycles. The molecule has 3 aromatic rings. The summed E-state index contributed by atoms with van der Waals surface area (Å²) in [4.78, 5) is 11.9. The predicted octanol–water partition coefficient (Wildman–Crippen LogP) is 2.64. The predicted molar refractivity (Wildman–Crippen MR) is 63.1 cm³/mol. The van der Waals surface area contributed by atoms with Crippen LogP contribution < -0.4 is 5.43 Å². The maximum atomic E-state index is 13.0. The van der Waals surface area contributed by atoms with Gasteiger partial charge >= 0.3 is 0 Å². The number of rotatable bonds is 1. The van der Waals surface area contributed by atoms with Crippen LogP contribution in [0.1, 0.15) is 0 Å². The van der Waals surface area contributed by atoms with Gasteiger partial charge in [0.05, 0.1) is 5.39 Å². The van der Waals surface area contributed by atoms with E-state index in [4.69, 9.17) is 21.1 Å². The lowest BCUT2D eigenvalue weighted by Gasteiger charge is -1.98. The highest BCUT2D eigenvalue weighted by Crippen LogP contribution is 2.20. The monoisotopic (exact) mass is 264 g/mol. The van der Waals surface area contributed by atoms with Gasteiger partial charge in [0.2, 0.25) is 0 Å². The topological polar surface area (TPSA) is 72.0 Å². The molecular formula is C11H5FN2O3S. The van der Waals surface area contributed by atoms with E-state index in [-0.39, 0.29) is 32.9 Å². The average molecular weight is 264 g/mol. The van der Waals surface area contributed by atoms with E-state index in [2.05, 4.69) is 10.2 Å². The molecule has 0 aliphatic heterocycles. The zero-order valence-electron chi connectivity index (χ0n) is 8.77. The first kappa shape index (κ1) is 10.8. The molecule has 18 heavy (non-hydrogen) atoms. The standard InChI is InChI=1S/C11H5FN2O3S/c12-5-1-2-8-6(3-5)7(15)4-9(16-8)10-13-14-11(18)17-10/h1-4H,(H,14,18). The van der Waals surface area contributed by atoms with E-state index < -0.39 is 5.82 Å². The Morgan fingerprint density at radius 2 is 2.11 bits per heavy atom. The van der Waals surface area contributed by atoms with E-state index in [1.807, 2.05) is 0 Å². The zero-order chi connectivity index (χ0) is 12.7. The molecule has 0 radical (unpaired) electrons. The summed E-state index contributed by atoms with van der Waals surface area (Å²) < 4.78 is 23.5.